The van der Waals surface area contributed by atoms with E-state index in [4.69, 9.17) is 5.11 Å². The van der Waals surface area contributed by atoms with E-state index in [-0.39, 0.29) is 6.61 Å². The molecule has 31 heavy (non-hydrogen) atoms. The van der Waals surface area contributed by atoms with Crippen molar-refractivity contribution in [2.75, 3.05) is 6.61 Å². The quantitative estimate of drug-likeness (QED) is 0.485. The molecule has 3 N–H and O–H groups in total. The van der Waals surface area contributed by atoms with E-state index in [9.17, 15) is 27.6 Å². The molecule has 10 heteroatoms. The molecule has 0 radical (unpaired) electrons. The van der Waals surface area contributed by atoms with Gasteiger partial charge in [-0.1, -0.05) is 38.5 Å². The summed E-state index contributed by atoms with van der Waals surface area (Å²) in [6, 6.07) is 0.115. The zero-order chi connectivity index (χ0) is 23.3. The van der Waals surface area contributed by atoms with Crippen LogP contribution >= 0.6 is 0 Å². The molecule has 0 bridgehead atoms. The summed E-state index contributed by atoms with van der Waals surface area (Å²) in [5.41, 5.74) is 0. The summed E-state index contributed by atoms with van der Waals surface area (Å²) in [5, 5.41) is 13.6. The van der Waals surface area contributed by atoms with Crippen molar-refractivity contribution in [3.05, 3.63) is 0 Å². The van der Waals surface area contributed by atoms with Crippen LogP contribution < -0.4 is 10.6 Å². The molecule has 1 atom stereocenters. The van der Waals surface area contributed by atoms with Gasteiger partial charge in [0.05, 0.1) is 6.61 Å². The first kappa shape index (κ1) is 27.2. The number of carboxylic acids is 1. The molecule has 180 valence electrons. The van der Waals surface area contributed by atoms with Gasteiger partial charge in [-0.25, -0.2) is 4.79 Å². The van der Waals surface area contributed by atoms with Crippen molar-refractivity contribution >= 4 is 17.8 Å². The lowest BCUT2D eigenvalue weighted by Gasteiger charge is -2.30. The molecule has 0 spiro atoms. The second-order valence-corrected chi connectivity index (χ2v) is 8.04. The van der Waals surface area contributed by atoms with E-state index in [2.05, 4.69) is 10.1 Å². The molecule has 2 saturated carbocycles. The highest BCUT2D eigenvalue weighted by Crippen LogP contribution is 2.22. The molecule has 2 fully saturated rings. The van der Waals surface area contributed by atoms with Gasteiger partial charge in [-0.3, -0.25) is 9.59 Å². The lowest BCUT2D eigenvalue weighted by Crippen LogP contribution is -2.47. The lowest BCUT2D eigenvalue weighted by atomic mass is 9.91. The van der Waals surface area contributed by atoms with Crippen LogP contribution in [-0.4, -0.2) is 53.9 Å². The molecule has 0 heterocycles. The van der Waals surface area contributed by atoms with Crippen LogP contribution in [0, 0.1) is 0 Å². The summed E-state index contributed by atoms with van der Waals surface area (Å²) in [6.45, 7) is 1.34. The third-order valence-electron chi connectivity index (χ3n) is 5.46. The van der Waals surface area contributed by atoms with E-state index >= 15 is 0 Å². The number of ether oxygens (including phenoxy) is 1. The van der Waals surface area contributed by atoms with E-state index in [0.29, 0.717) is 0 Å². The smallest absolute Gasteiger partial charge is 0.471 e. The number of esters is 1. The topological polar surface area (TPSA) is 105 Å². The van der Waals surface area contributed by atoms with Gasteiger partial charge in [-0.15, -0.1) is 0 Å². The van der Waals surface area contributed by atoms with Crippen LogP contribution in [0.25, 0.3) is 0 Å². The number of carbonyl (C=O) groups is 3. The van der Waals surface area contributed by atoms with Gasteiger partial charge in [0, 0.05) is 18.5 Å². The van der Waals surface area contributed by atoms with Crippen LogP contribution in [0.2, 0.25) is 0 Å². The Balaban J connectivity index is 0.000000323. The Morgan fingerprint density at radius 1 is 0.968 bits per heavy atom. The summed E-state index contributed by atoms with van der Waals surface area (Å²) < 4.78 is 40.4. The normalized spacial score (nSPS) is 19.0. The van der Waals surface area contributed by atoms with Crippen LogP contribution in [0.15, 0.2) is 0 Å². The van der Waals surface area contributed by atoms with Gasteiger partial charge in [0.2, 0.25) is 0 Å². The Labute approximate surface area is 181 Å². The summed E-state index contributed by atoms with van der Waals surface area (Å²) in [4.78, 5) is 32.1. The Bertz CT molecular complexity index is 544. The third kappa shape index (κ3) is 11.9. The first-order valence-corrected chi connectivity index (χ1v) is 11.2. The average molecular weight is 453 g/mol. The highest BCUT2D eigenvalue weighted by Gasteiger charge is 2.41. The number of carboxylic acid groups (broad SMARTS) is 1. The molecule has 0 saturated heterocycles. The van der Waals surface area contributed by atoms with E-state index in [1.165, 1.54) is 76.4 Å². The van der Waals surface area contributed by atoms with Gasteiger partial charge in [-0.2, -0.15) is 13.2 Å². The number of amides is 1. The van der Waals surface area contributed by atoms with Crippen LogP contribution in [0.1, 0.15) is 84.0 Å². The number of aliphatic carboxylic acids is 1. The Hall–Kier alpha value is -1.84. The first-order valence-electron chi connectivity index (χ1n) is 11.2. The Kier molecular flexibility index (Phi) is 12.5. The summed E-state index contributed by atoms with van der Waals surface area (Å²) >= 11 is 0. The molecule has 7 nitrogen and oxygen atoms in total. The number of nitrogens with one attached hydrogen (secondary N) is 2. The van der Waals surface area contributed by atoms with Crippen molar-refractivity contribution < 1.29 is 37.4 Å². The average Bonchev–Trinajstić information content (AvgIpc) is 2.72. The number of hydrogen-bond acceptors (Lipinski definition) is 5. The number of carbonyl (C=O) groups excluding carboxylic acids is 2. The first-order chi connectivity index (χ1) is 14.6. The standard InChI is InChI=1S/C12H23N.C9H12F3NO5/c1-3-7-11(8-4-1)13-12-9-5-2-6-10-12;1-2-18-7(16)5(3-4-6(14)15)13-8(17)9(10,11)12/h11-13H,1-10H2;5H,2-4H2,1H3,(H,13,17)(H,14,15)/t;5-/m.0/s1. The summed E-state index contributed by atoms with van der Waals surface area (Å²) in [6.07, 6.45) is 8.38. The fourth-order valence-corrected chi connectivity index (χ4v) is 3.87. The molecule has 0 aromatic rings. The molecular formula is C21H35F3N2O5. The maximum absolute atomic E-state index is 12.0. The zero-order valence-corrected chi connectivity index (χ0v) is 18.1. The SMILES string of the molecule is C1CCC(NC2CCCCC2)CC1.CCOC(=O)[C@H](CCC(=O)O)NC(=O)C(F)(F)F. The second kappa shape index (κ2) is 14.3. The number of hydrogen-bond donors (Lipinski definition) is 3. The number of alkyl halides is 3. The molecule has 0 aromatic carbocycles. The maximum Gasteiger partial charge on any atom is 0.471 e. The van der Waals surface area contributed by atoms with Crippen LogP contribution in [0.3, 0.4) is 0 Å². The van der Waals surface area contributed by atoms with Crippen molar-refractivity contribution in [1.29, 1.82) is 0 Å². The fourth-order valence-electron chi connectivity index (χ4n) is 3.87. The molecule has 2 rings (SSSR count). The monoisotopic (exact) mass is 452 g/mol. The maximum atomic E-state index is 12.0. The van der Waals surface area contributed by atoms with E-state index in [1.54, 1.807) is 0 Å². The predicted octanol–water partition coefficient (Wildman–Crippen LogP) is 3.70. The minimum Gasteiger partial charge on any atom is -0.481 e. The minimum absolute atomic E-state index is 0.0930. The van der Waals surface area contributed by atoms with Crippen molar-refractivity contribution in [1.82, 2.24) is 10.6 Å². The third-order valence-corrected chi connectivity index (χ3v) is 5.46. The van der Waals surface area contributed by atoms with Gasteiger partial charge in [0.15, 0.2) is 0 Å². The van der Waals surface area contributed by atoms with Crippen molar-refractivity contribution in [2.45, 2.75) is 108 Å². The van der Waals surface area contributed by atoms with Gasteiger partial charge >= 0.3 is 24.0 Å². The summed E-state index contributed by atoms with van der Waals surface area (Å²) in [7, 11) is 0. The van der Waals surface area contributed by atoms with Crippen LogP contribution in [0.5, 0.6) is 0 Å². The van der Waals surface area contributed by atoms with E-state index in [1.807, 2.05) is 0 Å². The van der Waals surface area contributed by atoms with Crippen LogP contribution in [-0.2, 0) is 19.1 Å². The van der Waals surface area contributed by atoms with Gasteiger partial charge in [0.25, 0.3) is 0 Å². The van der Waals surface area contributed by atoms with Crippen molar-refractivity contribution in [3.8, 4) is 0 Å². The molecular weight excluding hydrogens is 417 g/mol. The van der Waals surface area contributed by atoms with Crippen molar-refractivity contribution in [2.24, 2.45) is 0 Å². The number of halogens is 3. The fraction of sp³-hybridized carbons (Fsp3) is 0.857. The van der Waals surface area contributed by atoms with Gasteiger partial charge in [0.1, 0.15) is 6.04 Å². The summed E-state index contributed by atoms with van der Waals surface area (Å²) in [5.74, 6) is -4.71. The molecule has 0 aromatic heterocycles. The van der Waals surface area contributed by atoms with Gasteiger partial charge < -0.3 is 20.5 Å². The molecule has 0 unspecified atom stereocenters. The highest BCUT2D eigenvalue weighted by atomic mass is 19.4. The predicted molar refractivity (Wildman–Crippen MR) is 108 cm³/mol. The molecule has 2 aliphatic rings. The molecule has 1 amide bonds. The van der Waals surface area contributed by atoms with Crippen molar-refractivity contribution in [3.63, 3.8) is 0 Å². The van der Waals surface area contributed by atoms with E-state index < -0.39 is 42.9 Å². The van der Waals surface area contributed by atoms with Crippen LogP contribution in [0.4, 0.5) is 13.2 Å². The second-order valence-electron chi connectivity index (χ2n) is 8.04. The largest absolute Gasteiger partial charge is 0.481 e. The Morgan fingerprint density at radius 2 is 1.45 bits per heavy atom. The van der Waals surface area contributed by atoms with Gasteiger partial charge in [-0.05, 0) is 39.0 Å². The number of rotatable bonds is 8. The zero-order valence-electron chi connectivity index (χ0n) is 18.1. The lowest BCUT2D eigenvalue weighted by molar-refractivity contribution is -0.176. The highest BCUT2D eigenvalue weighted by molar-refractivity contribution is 5.87. The minimum atomic E-state index is -5.14. The Morgan fingerprint density at radius 3 is 1.84 bits per heavy atom. The molecule has 2 aliphatic carbocycles. The molecule has 0 aliphatic heterocycles. The van der Waals surface area contributed by atoms with E-state index in [0.717, 1.165) is 12.1 Å².